The maximum Gasteiger partial charge on any atom is 0.139 e. The number of rotatable bonds is 6. The highest BCUT2D eigenvalue weighted by Gasteiger charge is 2.19. The second-order valence-electron chi connectivity index (χ2n) is 10.8. The quantitative estimate of drug-likeness (QED) is 0.243. The largest absolute Gasteiger partial charge is 0.464 e. The lowest BCUT2D eigenvalue weighted by molar-refractivity contribution is 0.258. The first-order chi connectivity index (χ1) is 20.2. The van der Waals surface area contributed by atoms with Crippen LogP contribution in [-0.2, 0) is 0 Å². The Balaban J connectivity index is 0.000000150. The molecule has 41 heavy (non-hydrogen) atoms. The highest BCUT2D eigenvalue weighted by atomic mass is 16.3. The van der Waals surface area contributed by atoms with Gasteiger partial charge in [0, 0.05) is 38.8 Å². The highest BCUT2D eigenvalue weighted by Crippen LogP contribution is 2.35. The van der Waals surface area contributed by atoms with Crippen molar-refractivity contribution in [2.75, 3.05) is 37.6 Å². The minimum absolute atomic E-state index is 0.644. The first-order valence-corrected chi connectivity index (χ1v) is 15.1. The Bertz CT molecular complexity index is 1440. The van der Waals surface area contributed by atoms with Crippen LogP contribution in [0.2, 0.25) is 0 Å². The van der Waals surface area contributed by atoms with Gasteiger partial charge in [0.1, 0.15) is 11.4 Å². The number of allylic oxidation sites excluding steroid dienone is 6. The van der Waals surface area contributed by atoms with E-state index in [0.29, 0.717) is 5.92 Å². The summed E-state index contributed by atoms with van der Waals surface area (Å²) in [6.45, 7) is 10.1. The summed E-state index contributed by atoms with van der Waals surface area (Å²) >= 11 is 0. The van der Waals surface area contributed by atoms with Crippen LogP contribution >= 0.6 is 0 Å². The molecule has 0 amide bonds. The maximum atomic E-state index is 5.43. The van der Waals surface area contributed by atoms with E-state index in [1.807, 2.05) is 36.9 Å². The molecule has 3 heterocycles. The van der Waals surface area contributed by atoms with Crippen molar-refractivity contribution in [3.63, 3.8) is 0 Å². The van der Waals surface area contributed by atoms with Crippen LogP contribution in [0.25, 0.3) is 22.1 Å². The molecule has 4 heteroatoms. The second kappa shape index (κ2) is 14.7. The number of hydrogen-bond donors (Lipinski definition) is 0. The van der Waals surface area contributed by atoms with Crippen molar-refractivity contribution in [2.24, 2.45) is 5.92 Å². The fourth-order valence-corrected chi connectivity index (χ4v) is 5.45. The molecule has 1 aliphatic heterocycles. The molecule has 1 fully saturated rings. The number of furan rings is 1. The third-order valence-electron chi connectivity index (χ3n) is 7.77. The van der Waals surface area contributed by atoms with E-state index >= 15 is 0 Å². The van der Waals surface area contributed by atoms with Gasteiger partial charge in [0.25, 0.3) is 0 Å². The van der Waals surface area contributed by atoms with Crippen LogP contribution < -0.4 is 4.90 Å². The van der Waals surface area contributed by atoms with Gasteiger partial charge in [-0.2, -0.15) is 0 Å². The predicted molar refractivity (Wildman–Crippen MR) is 174 cm³/mol. The number of anilines is 1. The fraction of sp³-hybridized carbons (Fsp3) is 0.297. The Hall–Kier alpha value is -3.89. The normalized spacial score (nSPS) is 18.0. The summed E-state index contributed by atoms with van der Waals surface area (Å²) in [5.74, 6) is 1.71. The van der Waals surface area contributed by atoms with Crippen molar-refractivity contribution in [1.29, 1.82) is 0 Å². The van der Waals surface area contributed by atoms with Gasteiger partial charge in [0.05, 0.1) is 11.6 Å². The Labute approximate surface area is 245 Å². The van der Waals surface area contributed by atoms with Crippen molar-refractivity contribution in [1.82, 2.24) is 9.88 Å². The molecule has 1 saturated heterocycles. The van der Waals surface area contributed by atoms with Crippen LogP contribution in [0.3, 0.4) is 0 Å². The zero-order valence-electron chi connectivity index (χ0n) is 24.5. The van der Waals surface area contributed by atoms with Gasteiger partial charge >= 0.3 is 0 Å². The third kappa shape index (κ3) is 8.08. The Kier molecular flexibility index (Phi) is 10.2. The number of benzene rings is 2. The molecule has 0 saturated carbocycles. The standard InChI is InChI=1S/C20H20.C14H19N3O.C3H3/c1-2-16-13-19(17-9-5-3-6-10-17)15-20(14-16)18-11-7-4-8-12-18;1-2-6-16-7-9-17(10-8-16)14-12-4-11-18-13(12)3-5-15-14;1-2-3-1/h3-13,15-16H,2,14H2,1H3;3-5,11H,2,6-10H2,1H3;1-3H. The van der Waals surface area contributed by atoms with Crippen molar-refractivity contribution >= 4 is 27.9 Å². The predicted octanol–water partition coefficient (Wildman–Crippen LogP) is 8.70. The van der Waals surface area contributed by atoms with Crippen LogP contribution in [0, 0.1) is 12.3 Å². The van der Waals surface area contributed by atoms with Crippen LogP contribution in [0.15, 0.2) is 114 Å². The Morgan fingerprint density at radius 1 is 0.829 bits per heavy atom. The second-order valence-corrected chi connectivity index (χ2v) is 10.8. The molecule has 2 aromatic carbocycles. The van der Waals surface area contributed by atoms with Crippen LogP contribution in [0.4, 0.5) is 5.82 Å². The number of piperazine rings is 1. The third-order valence-corrected chi connectivity index (χ3v) is 7.77. The molecular weight excluding hydrogens is 502 g/mol. The van der Waals surface area contributed by atoms with Crippen molar-refractivity contribution in [2.45, 2.75) is 33.1 Å². The molecule has 3 aliphatic rings. The minimum atomic E-state index is 0.644. The summed E-state index contributed by atoms with van der Waals surface area (Å²) in [4.78, 5) is 9.41. The fourth-order valence-electron chi connectivity index (χ4n) is 5.45. The van der Waals surface area contributed by atoms with Crippen LogP contribution in [0.5, 0.6) is 0 Å². The zero-order chi connectivity index (χ0) is 28.3. The van der Waals surface area contributed by atoms with Gasteiger partial charge < -0.3 is 9.32 Å². The first-order valence-electron chi connectivity index (χ1n) is 15.1. The van der Waals surface area contributed by atoms with Gasteiger partial charge in [-0.3, -0.25) is 4.90 Å². The van der Waals surface area contributed by atoms with E-state index in [2.05, 4.69) is 101 Å². The summed E-state index contributed by atoms with van der Waals surface area (Å²) in [5, 5.41) is 1.13. The molecule has 2 aliphatic carbocycles. The first kappa shape index (κ1) is 28.6. The average molecular weight is 545 g/mol. The molecule has 4 nitrogen and oxygen atoms in total. The Morgan fingerprint density at radius 3 is 2.15 bits per heavy atom. The summed E-state index contributed by atoms with van der Waals surface area (Å²) in [7, 11) is 0. The van der Waals surface area contributed by atoms with Gasteiger partial charge in [-0.15, -0.1) is 0 Å². The molecule has 0 bridgehead atoms. The molecule has 0 N–H and O–H groups in total. The van der Waals surface area contributed by atoms with Crippen molar-refractivity contribution in [3.05, 3.63) is 127 Å². The molecule has 4 aromatic rings. The van der Waals surface area contributed by atoms with Gasteiger partial charge in [-0.1, -0.05) is 98.8 Å². The number of aromatic nitrogens is 1. The van der Waals surface area contributed by atoms with Gasteiger partial charge in [0.2, 0.25) is 0 Å². The molecule has 7 rings (SSSR count). The van der Waals surface area contributed by atoms with Crippen molar-refractivity contribution in [3.8, 4) is 0 Å². The molecule has 0 spiro atoms. The van der Waals surface area contributed by atoms with E-state index in [0.717, 1.165) is 49.4 Å². The van der Waals surface area contributed by atoms with Gasteiger partial charge in [-0.25, -0.2) is 4.98 Å². The van der Waals surface area contributed by atoms with E-state index in [4.69, 9.17) is 4.42 Å². The molecule has 211 valence electrons. The van der Waals surface area contributed by atoms with E-state index in [9.17, 15) is 0 Å². The minimum Gasteiger partial charge on any atom is -0.464 e. The zero-order valence-corrected chi connectivity index (χ0v) is 24.5. The average Bonchev–Trinajstić information content (AvgIpc) is 3.86. The van der Waals surface area contributed by atoms with Crippen LogP contribution in [-0.4, -0.2) is 42.6 Å². The summed E-state index contributed by atoms with van der Waals surface area (Å²) in [6.07, 6.45) is 17.9. The molecule has 1 radical (unpaired) electrons. The summed E-state index contributed by atoms with van der Waals surface area (Å²) < 4.78 is 5.43. The lowest BCUT2D eigenvalue weighted by Gasteiger charge is -2.35. The topological polar surface area (TPSA) is 32.5 Å². The Morgan fingerprint density at radius 2 is 1.51 bits per heavy atom. The molecule has 1 unspecified atom stereocenters. The summed E-state index contributed by atoms with van der Waals surface area (Å²) in [6, 6.07) is 25.4. The molecular formula is C37H42N3O. The monoisotopic (exact) mass is 544 g/mol. The van der Waals surface area contributed by atoms with Gasteiger partial charge in [0.15, 0.2) is 0 Å². The van der Waals surface area contributed by atoms with Crippen LogP contribution in [0.1, 0.15) is 44.2 Å². The lowest BCUT2D eigenvalue weighted by Crippen LogP contribution is -2.46. The SMILES string of the molecule is CCC1C=C(c2ccccc2)C=C(c2ccccc2)C1.CCCN1CCN(c2nccc3occc23)CC1.[CH]1C=C1. The lowest BCUT2D eigenvalue weighted by atomic mass is 9.83. The number of pyridine rings is 1. The maximum absolute atomic E-state index is 5.43. The van der Waals surface area contributed by atoms with Crippen molar-refractivity contribution < 1.29 is 4.42 Å². The van der Waals surface area contributed by atoms with E-state index in [1.54, 1.807) is 6.26 Å². The van der Waals surface area contributed by atoms with E-state index in [-0.39, 0.29) is 0 Å². The number of hydrogen-bond acceptors (Lipinski definition) is 4. The molecule has 1 atom stereocenters. The summed E-state index contributed by atoms with van der Waals surface area (Å²) in [5.41, 5.74) is 6.42. The number of fused-ring (bicyclic) bond motifs is 1. The van der Waals surface area contributed by atoms with Gasteiger partial charge in [-0.05, 0) is 66.1 Å². The van der Waals surface area contributed by atoms with E-state index in [1.165, 1.54) is 41.7 Å². The smallest absolute Gasteiger partial charge is 0.139 e. The van der Waals surface area contributed by atoms with E-state index < -0.39 is 0 Å². The number of nitrogens with zero attached hydrogens (tertiary/aromatic N) is 3. The highest BCUT2D eigenvalue weighted by molar-refractivity contribution is 5.88. The molecule has 2 aromatic heterocycles.